The average Bonchev–Trinajstić information content (AvgIpc) is 3.07. The quantitative estimate of drug-likeness (QED) is 0.0936. The van der Waals surface area contributed by atoms with E-state index in [1.165, 1.54) is 0 Å². The predicted molar refractivity (Wildman–Crippen MR) is 189 cm³/mol. The van der Waals surface area contributed by atoms with Gasteiger partial charge >= 0.3 is 0 Å². The van der Waals surface area contributed by atoms with Gasteiger partial charge in [-0.25, -0.2) is 0 Å². The molecular weight excluding hydrogens is 655 g/mol. The van der Waals surface area contributed by atoms with Gasteiger partial charge < -0.3 is 30.7 Å². The van der Waals surface area contributed by atoms with Crippen molar-refractivity contribution in [2.75, 3.05) is 21.3 Å². The SMILES string of the molecule is CC(Oc1ccccc1Cl)C(=O)Nc1ccc(NC(=O)CCCCC(=O)Nc2ccc(NC(=O)C(C)Oc3ccccc3Cl)cc2)cc1. The monoisotopic (exact) mass is 690 g/mol. The number of nitrogens with one attached hydrogen (secondary N) is 4. The van der Waals surface area contributed by atoms with E-state index in [2.05, 4.69) is 21.3 Å². The summed E-state index contributed by atoms with van der Waals surface area (Å²) in [6.45, 7) is 3.25. The Morgan fingerprint density at radius 3 is 1.17 bits per heavy atom. The number of halogens is 2. The van der Waals surface area contributed by atoms with E-state index in [4.69, 9.17) is 32.7 Å². The van der Waals surface area contributed by atoms with Crippen LogP contribution in [0.4, 0.5) is 22.7 Å². The van der Waals surface area contributed by atoms with Crippen LogP contribution >= 0.6 is 23.2 Å². The molecule has 4 rings (SSSR count). The van der Waals surface area contributed by atoms with Crippen molar-refractivity contribution in [2.24, 2.45) is 0 Å². The Morgan fingerprint density at radius 2 is 0.833 bits per heavy atom. The van der Waals surface area contributed by atoms with Crippen LogP contribution in [0.2, 0.25) is 10.0 Å². The van der Waals surface area contributed by atoms with Gasteiger partial charge in [-0.2, -0.15) is 0 Å². The lowest BCUT2D eigenvalue weighted by molar-refractivity contribution is -0.122. The van der Waals surface area contributed by atoms with Gasteiger partial charge in [-0.15, -0.1) is 0 Å². The molecule has 0 radical (unpaired) electrons. The normalized spacial score (nSPS) is 11.8. The van der Waals surface area contributed by atoms with E-state index >= 15 is 0 Å². The lowest BCUT2D eigenvalue weighted by Gasteiger charge is -2.16. The van der Waals surface area contributed by atoms with Gasteiger partial charge in [0, 0.05) is 35.6 Å². The largest absolute Gasteiger partial charge is 0.479 e. The van der Waals surface area contributed by atoms with Crippen LogP contribution in [0.15, 0.2) is 97.1 Å². The molecule has 4 amide bonds. The van der Waals surface area contributed by atoms with Gasteiger partial charge in [0.05, 0.1) is 10.0 Å². The number of hydrogen-bond donors (Lipinski definition) is 4. The van der Waals surface area contributed by atoms with Gasteiger partial charge in [0.2, 0.25) is 11.8 Å². The lowest BCUT2D eigenvalue weighted by atomic mass is 10.1. The number of amides is 4. The van der Waals surface area contributed by atoms with Gasteiger partial charge in [-0.1, -0.05) is 47.5 Å². The predicted octanol–water partition coefficient (Wildman–Crippen LogP) is 7.94. The molecule has 4 aromatic rings. The summed E-state index contributed by atoms with van der Waals surface area (Å²) < 4.78 is 11.3. The van der Waals surface area contributed by atoms with Crippen molar-refractivity contribution >= 4 is 69.6 Å². The fourth-order valence-electron chi connectivity index (χ4n) is 4.35. The maximum absolute atomic E-state index is 12.5. The number of rotatable bonds is 15. The number of carbonyl (C=O) groups is 4. The van der Waals surface area contributed by atoms with E-state index in [0.29, 0.717) is 57.1 Å². The van der Waals surface area contributed by atoms with Gasteiger partial charge in [-0.05, 0) is 99.5 Å². The molecule has 2 atom stereocenters. The number of ether oxygens (including phenoxy) is 2. The Balaban J connectivity index is 1.11. The first-order valence-corrected chi connectivity index (χ1v) is 16.1. The number of unbranched alkanes of at least 4 members (excludes halogenated alkanes) is 1. The summed E-state index contributed by atoms with van der Waals surface area (Å²) in [6, 6.07) is 27.3. The summed E-state index contributed by atoms with van der Waals surface area (Å²) in [5, 5.41) is 12.0. The highest BCUT2D eigenvalue weighted by molar-refractivity contribution is 6.32. The third-order valence-corrected chi connectivity index (χ3v) is 7.57. The van der Waals surface area contributed by atoms with Crippen LogP contribution in [0.5, 0.6) is 11.5 Å². The minimum Gasteiger partial charge on any atom is -0.479 e. The highest BCUT2D eigenvalue weighted by atomic mass is 35.5. The van der Waals surface area contributed by atoms with Crippen LogP contribution in [0.25, 0.3) is 0 Å². The van der Waals surface area contributed by atoms with Crippen molar-refractivity contribution in [1.29, 1.82) is 0 Å². The number of anilines is 4. The van der Waals surface area contributed by atoms with Crippen LogP contribution < -0.4 is 30.7 Å². The molecule has 0 aromatic heterocycles. The number of carbonyl (C=O) groups excluding carboxylic acids is 4. The molecule has 0 fully saturated rings. The first-order valence-electron chi connectivity index (χ1n) is 15.3. The summed E-state index contributed by atoms with van der Waals surface area (Å²) in [5.41, 5.74) is 2.26. The zero-order valence-corrected chi connectivity index (χ0v) is 27.9. The third-order valence-electron chi connectivity index (χ3n) is 6.95. The molecule has 4 N–H and O–H groups in total. The average molecular weight is 692 g/mol. The van der Waals surface area contributed by atoms with Crippen molar-refractivity contribution in [3.05, 3.63) is 107 Å². The summed E-state index contributed by atoms with van der Waals surface area (Å²) in [4.78, 5) is 49.8. The highest BCUT2D eigenvalue weighted by Gasteiger charge is 2.17. The second kappa shape index (κ2) is 17.7. The van der Waals surface area contributed by atoms with Gasteiger partial charge in [0.1, 0.15) is 11.5 Å². The van der Waals surface area contributed by atoms with E-state index in [9.17, 15) is 19.2 Å². The van der Waals surface area contributed by atoms with Gasteiger partial charge in [0.15, 0.2) is 12.2 Å². The maximum atomic E-state index is 12.5. The molecule has 0 heterocycles. The van der Waals surface area contributed by atoms with Crippen LogP contribution in [0, 0.1) is 0 Å². The molecule has 0 bridgehead atoms. The third kappa shape index (κ3) is 11.3. The van der Waals surface area contributed by atoms with Crippen molar-refractivity contribution in [3.63, 3.8) is 0 Å². The van der Waals surface area contributed by atoms with Gasteiger partial charge in [0.25, 0.3) is 11.8 Å². The Morgan fingerprint density at radius 1 is 0.521 bits per heavy atom. The molecule has 0 spiro atoms. The van der Waals surface area contributed by atoms with Crippen LogP contribution in [0.3, 0.4) is 0 Å². The van der Waals surface area contributed by atoms with Crippen LogP contribution in [-0.2, 0) is 19.2 Å². The smallest absolute Gasteiger partial charge is 0.265 e. The lowest BCUT2D eigenvalue weighted by Crippen LogP contribution is -2.30. The summed E-state index contributed by atoms with van der Waals surface area (Å²) in [7, 11) is 0. The molecule has 0 saturated heterocycles. The standard InChI is InChI=1S/C36H36Cl2N4O6/c1-23(47-31-11-5-3-9-29(31)37)35(45)41-27-19-15-25(16-20-27)39-33(43)13-7-8-14-34(44)40-26-17-21-28(22-18-26)42-36(46)24(2)48-32-12-6-4-10-30(32)38/h3-6,9-12,15-24H,7-8,13-14H2,1-2H3,(H,39,43)(H,40,44)(H,41,45)(H,42,46). The van der Waals surface area contributed by atoms with E-state index in [1.54, 1.807) is 111 Å². The molecule has 0 aliphatic rings. The van der Waals surface area contributed by atoms with Crippen molar-refractivity contribution < 1.29 is 28.7 Å². The zero-order chi connectivity index (χ0) is 34.5. The molecule has 0 aliphatic heterocycles. The van der Waals surface area contributed by atoms with Gasteiger partial charge in [-0.3, -0.25) is 19.2 Å². The molecule has 2 unspecified atom stereocenters. The Hall–Kier alpha value is -5.06. The van der Waals surface area contributed by atoms with Crippen molar-refractivity contribution in [2.45, 2.75) is 51.7 Å². The molecule has 0 saturated carbocycles. The molecule has 10 nitrogen and oxygen atoms in total. The Bertz CT molecular complexity index is 1590. The minimum absolute atomic E-state index is 0.182. The second-order valence-corrected chi connectivity index (χ2v) is 11.6. The fourth-order valence-corrected chi connectivity index (χ4v) is 4.71. The van der Waals surface area contributed by atoms with E-state index in [0.717, 1.165) is 0 Å². The first kappa shape index (κ1) is 35.8. The number of para-hydroxylation sites is 2. The number of benzene rings is 4. The molecule has 4 aromatic carbocycles. The molecular formula is C36H36Cl2N4O6. The van der Waals surface area contributed by atoms with Crippen LogP contribution in [-0.4, -0.2) is 35.8 Å². The molecule has 250 valence electrons. The minimum atomic E-state index is -0.775. The van der Waals surface area contributed by atoms with E-state index in [-0.39, 0.29) is 36.5 Å². The molecule has 48 heavy (non-hydrogen) atoms. The summed E-state index contributed by atoms with van der Waals surface area (Å²) >= 11 is 12.2. The highest BCUT2D eigenvalue weighted by Crippen LogP contribution is 2.26. The fraction of sp³-hybridized carbons (Fsp3) is 0.222. The summed E-state index contributed by atoms with van der Waals surface area (Å²) in [6.07, 6.45) is -0.0112. The number of hydrogen-bond acceptors (Lipinski definition) is 6. The van der Waals surface area contributed by atoms with Crippen molar-refractivity contribution in [3.8, 4) is 11.5 Å². The van der Waals surface area contributed by atoms with E-state index in [1.807, 2.05) is 0 Å². The Kier molecular flexibility index (Phi) is 13.2. The first-order chi connectivity index (χ1) is 23.1. The zero-order valence-electron chi connectivity index (χ0n) is 26.4. The molecule has 0 aliphatic carbocycles. The van der Waals surface area contributed by atoms with Crippen molar-refractivity contribution in [1.82, 2.24) is 0 Å². The van der Waals surface area contributed by atoms with Crippen LogP contribution in [0.1, 0.15) is 39.5 Å². The maximum Gasteiger partial charge on any atom is 0.265 e. The topological polar surface area (TPSA) is 135 Å². The summed E-state index contributed by atoms with van der Waals surface area (Å²) in [5.74, 6) is -0.216. The van der Waals surface area contributed by atoms with E-state index < -0.39 is 12.2 Å². The Labute approximate surface area is 289 Å². The molecule has 12 heteroatoms. The second-order valence-electron chi connectivity index (χ2n) is 10.8.